The lowest BCUT2D eigenvalue weighted by molar-refractivity contribution is 0.0795. The summed E-state index contributed by atoms with van der Waals surface area (Å²) in [5.41, 5.74) is 2.71. The SMILES string of the molecule is COc1ccc(CCN(C)C(=O)c2cc(OCc3ccccc3)c(OC)cc2Br)cc1. The number of methoxy groups -OCH3 is 2. The summed E-state index contributed by atoms with van der Waals surface area (Å²) in [5, 5.41) is 0. The maximum Gasteiger partial charge on any atom is 0.254 e. The van der Waals surface area contributed by atoms with Crippen LogP contribution in [0.3, 0.4) is 0 Å². The first-order chi connectivity index (χ1) is 15.0. The van der Waals surface area contributed by atoms with Crippen LogP contribution in [0, 0.1) is 0 Å². The van der Waals surface area contributed by atoms with Crippen molar-refractivity contribution in [1.82, 2.24) is 4.90 Å². The highest BCUT2D eigenvalue weighted by atomic mass is 79.9. The van der Waals surface area contributed by atoms with E-state index in [4.69, 9.17) is 14.2 Å². The van der Waals surface area contributed by atoms with Crippen LogP contribution in [0.2, 0.25) is 0 Å². The molecular formula is C25H26BrNO4. The number of nitrogens with zero attached hydrogens (tertiary/aromatic N) is 1. The predicted molar refractivity (Wildman–Crippen MR) is 125 cm³/mol. The lowest BCUT2D eigenvalue weighted by Gasteiger charge is -2.20. The average Bonchev–Trinajstić information content (AvgIpc) is 2.82. The Morgan fingerprint density at radius 1 is 0.903 bits per heavy atom. The van der Waals surface area contributed by atoms with E-state index in [0.29, 0.717) is 34.7 Å². The minimum atomic E-state index is -0.0902. The first-order valence-corrected chi connectivity index (χ1v) is 10.7. The molecule has 5 nitrogen and oxygen atoms in total. The van der Waals surface area contributed by atoms with Crippen LogP contribution in [0.5, 0.6) is 17.2 Å². The van der Waals surface area contributed by atoms with Crippen LogP contribution in [0.1, 0.15) is 21.5 Å². The van der Waals surface area contributed by atoms with Gasteiger partial charge in [-0.05, 0) is 57.7 Å². The highest BCUT2D eigenvalue weighted by Crippen LogP contribution is 2.34. The van der Waals surface area contributed by atoms with E-state index in [1.807, 2.05) is 54.6 Å². The van der Waals surface area contributed by atoms with Gasteiger partial charge in [-0.3, -0.25) is 4.79 Å². The molecule has 0 aliphatic carbocycles. The summed E-state index contributed by atoms with van der Waals surface area (Å²) in [6.07, 6.45) is 0.747. The quantitative estimate of drug-likeness (QED) is 0.410. The zero-order valence-electron chi connectivity index (χ0n) is 17.9. The normalized spacial score (nSPS) is 10.5. The summed E-state index contributed by atoms with van der Waals surface area (Å²) in [6, 6.07) is 21.2. The molecule has 0 atom stereocenters. The zero-order chi connectivity index (χ0) is 22.2. The lowest BCUT2D eigenvalue weighted by Crippen LogP contribution is -2.29. The van der Waals surface area contributed by atoms with Gasteiger partial charge in [0.05, 0.1) is 19.8 Å². The summed E-state index contributed by atoms with van der Waals surface area (Å²) < 4.78 is 17.3. The number of likely N-dealkylation sites (N-methyl/N-ethyl adjacent to an activating group) is 1. The van der Waals surface area contributed by atoms with Gasteiger partial charge in [-0.2, -0.15) is 0 Å². The molecule has 3 rings (SSSR count). The van der Waals surface area contributed by atoms with Crippen molar-refractivity contribution in [3.05, 3.63) is 87.9 Å². The van der Waals surface area contributed by atoms with Gasteiger partial charge in [0, 0.05) is 18.1 Å². The van der Waals surface area contributed by atoms with Crippen molar-refractivity contribution in [3.8, 4) is 17.2 Å². The maximum atomic E-state index is 13.1. The van der Waals surface area contributed by atoms with E-state index < -0.39 is 0 Å². The Morgan fingerprint density at radius 2 is 1.61 bits per heavy atom. The standard InChI is InChI=1S/C25H26BrNO4/c1-27(14-13-18-9-11-20(29-2)12-10-18)25(28)21-15-24(23(30-3)16-22(21)26)31-17-19-7-5-4-6-8-19/h4-12,15-16H,13-14,17H2,1-3H3. The third-order valence-electron chi connectivity index (χ3n) is 4.96. The molecule has 0 aliphatic rings. The second-order valence-electron chi connectivity index (χ2n) is 7.08. The smallest absolute Gasteiger partial charge is 0.254 e. The molecule has 0 heterocycles. The molecule has 0 aliphatic heterocycles. The Bertz CT molecular complexity index is 1010. The summed E-state index contributed by atoms with van der Waals surface area (Å²) in [4.78, 5) is 14.8. The fraction of sp³-hybridized carbons (Fsp3) is 0.240. The molecule has 0 spiro atoms. The van der Waals surface area contributed by atoms with Crippen LogP contribution in [-0.2, 0) is 13.0 Å². The number of hydrogen-bond donors (Lipinski definition) is 0. The van der Waals surface area contributed by atoms with E-state index in [1.165, 1.54) is 0 Å². The first kappa shape index (κ1) is 22.7. The van der Waals surface area contributed by atoms with Gasteiger partial charge in [-0.15, -0.1) is 0 Å². The number of rotatable bonds is 9. The van der Waals surface area contributed by atoms with Crippen molar-refractivity contribution in [2.45, 2.75) is 13.0 Å². The number of carbonyl (C=O) groups is 1. The predicted octanol–water partition coefficient (Wildman–Crippen LogP) is 5.36. The van der Waals surface area contributed by atoms with E-state index in [-0.39, 0.29) is 5.91 Å². The summed E-state index contributed by atoms with van der Waals surface area (Å²) in [7, 11) is 5.03. The van der Waals surface area contributed by atoms with Gasteiger partial charge in [0.2, 0.25) is 0 Å². The minimum Gasteiger partial charge on any atom is -0.497 e. The number of ether oxygens (including phenoxy) is 3. The van der Waals surface area contributed by atoms with Gasteiger partial charge >= 0.3 is 0 Å². The third-order valence-corrected chi connectivity index (χ3v) is 5.62. The van der Waals surface area contributed by atoms with Gasteiger partial charge in [-0.25, -0.2) is 0 Å². The largest absolute Gasteiger partial charge is 0.497 e. The number of halogens is 1. The number of carbonyl (C=O) groups excluding carboxylic acids is 1. The summed E-state index contributed by atoms with van der Waals surface area (Å²) in [6.45, 7) is 0.976. The Balaban J connectivity index is 1.71. The number of benzene rings is 3. The molecule has 31 heavy (non-hydrogen) atoms. The van der Waals surface area contributed by atoms with Crippen LogP contribution < -0.4 is 14.2 Å². The first-order valence-electron chi connectivity index (χ1n) is 9.94. The van der Waals surface area contributed by atoms with E-state index in [0.717, 1.165) is 23.3 Å². The van der Waals surface area contributed by atoms with Crippen molar-refractivity contribution in [1.29, 1.82) is 0 Å². The number of hydrogen-bond acceptors (Lipinski definition) is 4. The highest BCUT2D eigenvalue weighted by Gasteiger charge is 2.19. The molecule has 0 saturated carbocycles. The van der Waals surface area contributed by atoms with Crippen LogP contribution >= 0.6 is 15.9 Å². The second kappa shape index (κ2) is 10.9. The topological polar surface area (TPSA) is 48.0 Å². The fourth-order valence-electron chi connectivity index (χ4n) is 3.10. The van der Waals surface area contributed by atoms with Gasteiger partial charge in [0.25, 0.3) is 5.91 Å². The van der Waals surface area contributed by atoms with Gasteiger partial charge < -0.3 is 19.1 Å². The van der Waals surface area contributed by atoms with Crippen molar-refractivity contribution in [3.63, 3.8) is 0 Å². The maximum absolute atomic E-state index is 13.1. The summed E-state index contributed by atoms with van der Waals surface area (Å²) >= 11 is 3.50. The second-order valence-corrected chi connectivity index (χ2v) is 7.94. The third kappa shape index (κ3) is 6.01. The molecule has 0 bridgehead atoms. The monoisotopic (exact) mass is 483 g/mol. The van der Waals surface area contributed by atoms with Crippen molar-refractivity contribution in [2.24, 2.45) is 0 Å². The number of amides is 1. The van der Waals surface area contributed by atoms with Gasteiger partial charge in [-0.1, -0.05) is 42.5 Å². The van der Waals surface area contributed by atoms with E-state index in [1.54, 1.807) is 38.3 Å². The van der Waals surface area contributed by atoms with Crippen molar-refractivity contribution in [2.75, 3.05) is 27.8 Å². The van der Waals surface area contributed by atoms with Crippen LogP contribution in [0.15, 0.2) is 71.2 Å². The average molecular weight is 484 g/mol. The molecular weight excluding hydrogens is 458 g/mol. The lowest BCUT2D eigenvalue weighted by atomic mass is 10.1. The fourth-order valence-corrected chi connectivity index (χ4v) is 3.59. The molecule has 3 aromatic rings. The molecule has 6 heteroatoms. The van der Waals surface area contributed by atoms with Crippen LogP contribution in [0.25, 0.3) is 0 Å². The van der Waals surface area contributed by atoms with Crippen molar-refractivity contribution < 1.29 is 19.0 Å². The molecule has 1 amide bonds. The molecule has 0 N–H and O–H groups in total. The van der Waals surface area contributed by atoms with E-state index in [2.05, 4.69) is 15.9 Å². The molecule has 0 unspecified atom stereocenters. The van der Waals surface area contributed by atoms with Crippen LogP contribution in [0.4, 0.5) is 0 Å². The van der Waals surface area contributed by atoms with Gasteiger partial charge in [0.1, 0.15) is 12.4 Å². The van der Waals surface area contributed by atoms with Gasteiger partial charge in [0.15, 0.2) is 11.5 Å². The molecule has 162 valence electrons. The van der Waals surface area contributed by atoms with E-state index in [9.17, 15) is 4.79 Å². The Morgan fingerprint density at radius 3 is 2.26 bits per heavy atom. The molecule has 3 aromatic carbocycles. The molecule has 0 fully saturated rings. The Kier molecular flexibility index (Phi) is 7.95. The Hall–Kier alpha value is -2.99. The van der Waals surface area contributed by atoms with Crippen LogP contribution in [-0.4, -0.2) is 38.6 Å². The zero-order valence-corrected chi connectivity index (χ0v) is 19.5. The minimum absolute atomic E-state index is 0.0902. The molecule has 0 saturated heterocycles. The van der Waals surface area contributed by atoms with Crippen molar-refractivity contribution >= 4 is 21.8 Å². The van der Waals surface area contributed by atoms with E-state index >= 15 is 0 Å². The molecule has 0 radical (unpaired) electrons. The Labute approximate surface area is 191 Å². The highest BCUT2D eigenvalue weighted by molar-refractivity contribution is 9.10. The summed E-state index contributed by atoms with van der Waals surface area (Å²) in [5.74, 6) is 1.83. The molecule has 0 aromatic heterocycles.